The van der Waals surface area contributed by atoms with Crippen molar-refractivity contribution in [2.24, 2.45) is 0 Å². The van der Waals surface area contributed by atoms with Crippen LogP contribution in [0.25, 0.3) is 6.08 Å². The minimum absolute atomic E-state index is 0.246. The molecule has 0 saturated carbocycles. The number of aryl methyl sites for hydroxylation is 1. The van der Waals surface area contributed by atoms with Crippen molar-refractivity contribution in [2.75, 3.05) is 5.32 Å². The number of amides is 1. The third-order valence-electron chi connectivity index (χ3n) is 4.43. The van der Waals surface area contributed by atoms with Crippen LogP contribution in [-0.4, -0.2) is 25.9 Å². The molecule has 0 spiro atoms. The van der Waals surface area contributed by atoms with Crippen molar-refractivity contribution in [1.82, 2.24) is 20.0 Å². The van der Waals surface area contributed by atoms with Crippen molar-refractivity contribution in [3.63, 3.8) is 0 Å². The lowest BCUT2D eigenvalue weighted by Gasteiger charge is -1.99. The van der Waals surface area contributed by atoms with Gasteiger partial charge in [-0.1, -0.05) is 65.4 Å². The molecule has 1 amide bonds. The number of hydrogen-bond donors (Lipinski definition) is 1. The molecule has 0 atom stereocenters. The SMILES string of the molecule is Cc1ccc(Cc2cnc(NC(=O)/C=C/c3cn(Cc4ccccc4)nn3)s2)cc1. The molecule has 2 aromatic carbocycles. The molecule has 150 valence electrons. The highest BCUT2D eigenvalue weighted by Crippen LogP contribution is 2.21. The van der Waals surface area contributed by atoms with Gasteiger partial charge in [0.2, 0.25) is 5.91 Å². The van der Waals surface area contributed by atoms with Gasteiger partial charge in [-0.15, -0.1) is 16.4 Å². The van der Waals surface area contributed by atoms with E-state index < -0.39 is 0 Å². The van der Waals surface area contributed by atoms with Crippen LogP contribution in [0, 0.1) is 6.92 Å². The topological polar surface area (TPSA) is 72.7 Å². The Labute approximate surface area is 178 Å². The van der Waals surface area contributed by atoms with Crippen molar-refractivity contribution >= 4 is 28.5 Å². The van der Waals surface area contributed by atoms with E-state index in [2.05, 4.69) is 51.8 Å². The molecule has 0 saturated heterocycles. The van der Waals surface area contributed by atoms with E-state index in [0.29, 0.717) is 17.4 Å². The molecular weight excluding hydrogens is 394 g/mol. The van der Waals surface area contributed by atoms with Gasteiger partial charge in [-0.05, 0) is 24.1 Å². The summed E-state index contributed by atoms with van der Waals surface area (Å²) >= 11 is 1.48. The van der Waals surface area contributed by atoms with Crippen molar-refractivity contribution < 1.29 is 4.79 Å². The molecule has 0 fully saturated rings. The summed E-state index contributed by atoms with van der Waals surface area (Å²) in [6, 6.07) is 18.4. The summed E-state index contributed by atoms with van der Waals surface area (Å²) in [6.07, 6.45) is 7.50. The molecule has 2 heterocycles. The first-order valence-corrected chi connectivity index (χ1v) is 10.4. The van der Waals surface area contributed by atoms with Crippen LogP contribution >= 0.6 is 11.3 Å². The molecular formula is C23H21N5OS. The van der Waals surface area contributed by atoms with Gasteiger partial charge < -0.3 is 0 Å². The zero-order chi connectivity index (χ0) is 20.8. The van der Waals surface area contributed by atoms with Crippen molar-refractivity contribution in [3.8, 4) is 0 Å². The first-order chi connectivity index (χ1) is 14.6. The second kappa shape index (κ2) is 9.28. The zero-order valence-corrected chi connectivity index (χ0v) is 17.3. The Kier molecular flexibility index (Phi) is 6.10. The van der Waals surface area contributed by atoms with Gasteiger partial charge >= 0.3 is 0 Å². The molecule has 0 unspecified atom stereocenters. The summed E-state index contributed by atoms with van der Waals surface area (Å²) in [5.74, 6) is -0.246. The van der Waals surface area contributed by atoms with E-state index in [1.165, 1.54) is 28.5 Å². The molecule has 7 heteroatoms. The minimum atomic E-state index is -0.246. The van der Waals surface area contributed by atoms with Gasteiger partial charge in [0.25, 0.3) is 0 Å². The number of aromatic nitrogens is 4. The summed E-state index contributed by atoms with van der Waals surface area (Å²) in [4.78, 5) is 17.6. The Morgan fingerprint density at radius 1 is 1.10 bits per heavy atom. The standard InChI is InChI=1S/C23H21N5OS/c1-17-7-9-18(10-8-17)13-21-14-24-23(30-21)25-22(29)12-11-20-16-28(27-26-20)15-19-5-3-2-4-6-19/h2-12,14,16H,13,15H2,1H3,(H,24,25,29)/b12-11+. The van der Waals surface area contributed by atoms with Crippen LogP contribution in [0.2, 0.25) is 0 Å². The Morgan fingerprint density at radius 3 is 2.70 bits per heavy atom. The second-order valence-electron chi connectivity index (χ2n) is 6.94. The van der Waals surface area contributed by atoms with E-state index >= 15 is 0 Å². The van der Waals surface area contributed by atoms with Crippen molar-refractivity contribution in [2.45, 2.75) is 19.9 Å². The predicted molar refractivity (Wildman–Crippen MR) is 119 cm³/mol. The lowest BCUT2D eigenvalue weighted by atomic mass is 10.1. The maximum Gasteiger partial charge on any atom is 0.250 e. The number of anilines is 1. The normalized spacial score (nSPS) is 11.1. The molecule has 0 radical (unpaired) electrons. The molecule has 0 aliphatic heterocycles. The number of thiazole rings is 1. The number of nitrogens with zero attached hydrogens (tertiary/aromatic N) is 4. The van der Waals surface area contributed by atoms with Gasteiger partial charge in [0.05, 0.1) is 12.7 Å². The van der Waals surface area contributed by atoms with E-state index in [0.717, 1.165) is 16.9 Å². The van der Waals surface area contributed by atoms with Crippen LogP contribution < -0.4 is 5.32 Å². The van der Waals surface area contributed by atoms with Crippen LogP contribution in [0.4, 0.5) is 5.13 Å². The maximum absolute atomic E-state index is 12.2. The zero-order valence-electron chi connectivity index (χ0n) is 16.5. The fraction of sp³-hybridized carbons (Fsp3) is 0.130. The van der Waals surface area contributed by atoms with Crippen LogP contribution in [0.5, 0.6) is 0 Å². The van der Waals surface area contributed by atoms with Gasteiger partial charge in [-0.2, -0.15) is 0 Å². The number of nitrogens with one attached hydrogen (secondary N) is 1. The first kappa shape index (κ1) is 19.7. The molecule has 0 bridgehead atoms. The summed E-state index contributed by atoms with van der Waals surface area (Å²) in [5, 5.41) is 11.6. The van der Waals surface area contributed by atoms with E-state index in [1.54, 1.807) is 23.2 Å². The molecule has 6 nitrogen and oxygen atoms in total. The molecule has 4 rings (SSSR count). The second-order valence-corrected chi connectivity index (χ2v) is 8.06. The van der Waals surface area contributed by atoms with Crippen LogP contribution in [0.15, 0.2) is 73.1 Å². The highest BCUT2D eigenvalue weighted by molar-refractivity contribution is 7.15. The molecule has 1 N–H and O–H groups in total. The monoisotopic (exact) mass is 415 g/mol. The number of benzene rings is 2. The average molecular weight is 416 g/mol. The fourth-order valence-electron chi connectivity index (χ4n) is 2.90. The number of hydrogen-bond acceptors (Lipinski definition) is 5. The van der Waals surface area contributed by atoms with Gasteiger partial charge in [-0.25, -0.2) is 9.67 Å². The van der Waals surface area contributed by atoms with Crippen LogP contribution in [0.1, 0.15) is 27.3 Å². The predicted octanol–water partition coefficient (Wildman–Crippen LogP) is 4.33. The fourth-order valence-corrected chi connectivity index (χ4v) is 3.75. The molecule has 0 aliphatic rings. The number of rotatable bonds is 7. The third kappa shape index (κ3) is 5.48. The Balaban J connectivity index is 1.31. The highest BCUT2D eigenvalue weighted by atomic mass is 32.1. The van der Waals surface area contributed by atoms with Gasteiger partial charge in [0.15, 0.2) is 5.13 Å². The van der Waals surface area contributed by atoms with E-state index in [-0.39, 0.29) is 5.91 Å². The summed E-state index contributed by atoms with van der Waals surface area (Å²) in [5.41, 5.74) is 4.23. The van der Waals surface area contributed by atoms with Gasteiger partial charge in [-0.3, -0.25) is 10.1 Å². The summed E-state index contributed by atoms with van der Waals surface area (Å²) in [7, 11) is 0. The number of carbonyl (C=O) groups is 1. The average Bonchev–Trinajstić information content (AvgIpc) is 3.38. The van der Waals surface area contributed by atoms with Crippen molar-refractivity contribution in [3.05, 3.63) is 100 Å². The lowest BCUT2D eigenvalue weighted by Crippen LogP contribution is -2.07. The van der Waals surface area contributed by atoms with Gasteiger partial charge in [0, 0.05) is 23.6 Å². The maximum atomic E-state index is 12.2. The minimum Gasteiger partial charge on any atom is -0.298 e. The lowest BCUT2D eigenvalue weighted by molar-refractivity contribution is -0.111. The van der Waals surface area contributed by atoms with Crippen LogP contribution in [0.3, 0.4) is 0 Å². The van der Waals surface area contributed by atoms with E-state index in [1.807, 2.05) is 30.3 Å². The Morgan fingerprint density at radius 2 is 1.90 bits per heavy atom. The molecule has 30 heavy (non-hydrogen) atoms. The molecule has 2 aromatic heterocycles. The smallest absolute Gasteiger partial charge is 0.250 e. The highest BCUT2D eigenvalue weighted by Gasteiger charge is 2.06. The quantitative estimate of drug-likeness (QED) is 0.456. The first-order valence-electron chi connectivity index (χ1n) is 9.57. The van der Waals surface area contributed by atoms with Gasteiger partial charge in [0.1, 0.15) is 5.69 Å². The van der Waals surface area contributed by atoms with E-state index in [9.17, 15) is 4.79 Å². The Hall–Kier alpha value is -3.58. The van der Waals surface area contributed by atoms with Crippen LogP contribution in [-0.2, 0) is 17.8 Å². The van der Waals surface area contributed by atoms with E-state index in [4.69, 9.17) is 0 Å². The largest absolute Gasteiger partial charge is 0.298 e. The molecule has 4 aromatic rings. The molecule has 0 aliphatic carbocycles. The summed E-state index contributed by atoms with van der Waals surface area (Å²) in [6.45, 7) is 2.71. The van der Waals surface area contributed by atoms with Crippen molar-refractivity contribution in [1.29, 1.82) is 0 Å². The summed E-state index contributed by atoms with van der Waals surface area (Å²) < 4.78 is 1.74. The Bertz CT molecular complexity index is 1150. The number of carbonyl (C=O) groups excluding carboxylic acids is 1. The third-order valence-corrected chi connectivity index (χ3v) is 5.34.